The molecule has 6 heteroatoms. The number of esters is 1. The lowest BCUT2D eigenvalue weighted by Crippen LogP contribution is -2.05. The van der Waals surface area contributed by atoms with Gasteiger partial charge in [-0.15, -0.1) is 0 Å². The Bertz CT molecular complexity index is 522. The second-order valence-electron chi connectivity index (χ2n) is 3.32. The molecule has 5 nitrogen and oxygen atoms in total. The van der Waals surface area contributed by atoms with Crippen molar-refractivity contribution < 1.29 is 14.1 Å². The Morgan fingerprint density at radius 1 is 1.41 bits per heavy atom. The van der Waals surface area contributed by atoms with Gasteiger partial charge in [0.2, 0.25) is 0 Å². The van der Waals surface area contributed by atoms with E-state index in [2.05, 4.69) is 10.1 Å². The summed E-state index contributed by atoms with van der Waals surface area (Å²) in [5.74, 6) is 0.310. The zero-order valence-electron chi connectivity index (χ0n) is 9.01. The van der Waals surface area contributed by atoms with Gasteiger partial charge < -0.3 is 9.26 Å². The fraction of sp³-hybridized carbons (Fsp3) is 0.182. The summed E-state index contributed by atoms with van der Waals surface area (Å²) in [6.07, 6.45) is 0. The molecule has 0 aliphatic carbocycles. The Balaban J connectivity index is 1.95. The average molecular weight is 253 g/mol. The number of hydrogen-bond acceptors (Lipinski definition) is 5. The van der Waals surface area contributed by atoms with Gasteiger partial charge in [0.25, 0.3) is 5.89 Å². The number of hydrogen-bond donors (Lipinski definition) is 0. The van der Waals surface area contributed by atoms with Crippen LogP contribution in [0.15, 0.2) is 28.8 Å². The zero-order chi connectivity index (χ0) is 12.3. The van der Waals surface area contributed by atoms with Gasteiger partial charge in [0.15, 0.2) is 12.4 Å². The minimum atomic E-state index is -0.461. The molecule has 0 aliphatic heterocycles. The highest BCUT2D eigenvalue weighted by atomic mass is 35.5. The van der Waals surface area contributed by atoms with E-state index in [1.807, 2.05) is 0 Å². The smallest absolute Gasteiger partial charge is 0.338 e. The molecule has 1 aromatic heterocycles. The minimum absolute atomic E-state index is 0.0394. The van der Waals surface area contributed by atoms with Gasteiger partial charge in [-0.05, 0) is 31.2 Å². The highest BCUT2D eigenvalue weighted by Crippen LogP contribution is 2.11. The minimum Gasteiger partial charge on any atom is -0.452 e. The molecule has 0 unspecified atom stereocenters. The van der Waals surface area contributed by atoms with E-state index in [1.165, 1.54) is 0 Å². The van der Waals surface area contributed by atoms with E-state index in [4.69, 9.17) is 20.9 Å². The molecule has 0 radical (unpaired) electrons. The van der Waals surface area contributed by atoms with Gasteiger partial charge in [0, 0.05) is 5.02 Å². The lowest BCUT2D eigenvalue weighted by atomic mass is 10.2. The van der Waals surface area contributed by atoms with Crippen LogP contribution in [0, 0.1) is 6.92 Å². The Morgan fingerprint density at radius 2 is 2.12 bits per heavy atom. The van der Waals surface area contributed by atoms with Crippen LogP contribution in [0.4, 0.5) is 0 Å². The monoisotopic (exact) mass is 252 g/mol. The highest BCUT2D eigenvalue weighted by Gasteiger charge is 2.09. The van der Waals surface area contributed by atoms with Crippen LogP contribution < -0.4 is 0 Å². The Morgan fingerprint density at radius 3 is 2.71 bits per heavy atom. The first kappa shape index (κ1) is 11.6. The van der Waals surface area contributed by atoms with Crippen LogP contribution >= 0.6 is 11.6 Å². The second-order valence-corrected chi connectivity index (χ2v) is 3.75. The largest absolute Gasteiger partial charge is 0.452 e. The summed E-state index contributed by atoms with van der Waals surface area (Å²) in [5, 5.41) is 4.15. The van der Waals surface area contributed by atoms with E-state index in [-0.39, 0.29) is 12.5 Å². The summed E-state index contributed by atoms with van der Waals surface area (Å²) >= 11 is 5.71. The van der Waals surface area contributed by atoms with Crippen molar-refractivity contribution in [2.45, 2.75) is 13.5 Å². The van der Waals surface area contributed by atoms with Gasteiger partial charge >= 0.3 is 5.97 Å². The Hall–Kier alpha value is -1.88. The maximum Gasteiger partial charge on any atom is 0.338 e. The number of ether oxygens (including phenoxy) is 1. The van der Waals surface area contributed by atoms with Crippen molar-refractivity contribution in [3.63, 3.8) is 0 Å². The molecule has 0 saturated carbocycles. The number of benzene rings is 1. The molecule has 0 spiro atoms. The fourth-order valence-corrected chi connectivity index (χ4v) is 1.32. The third-order valence-electron chi connectivity index (χ3n) is 1.98. The summed E-state index contributed by atoms with van der Waals surface area (Å²) in [4.78, 5) is 15.5. The number of carbonyl (C=O) groups excluding carboxylic acids is 1. The van der Waals surface area contributed by atoms with Crippen molar-refractivity contribution in [1.82, 2.24) is 10.1 Å². The first-order valence-electron chi connectivity index (χ1n) is 4.87. The molecule has 1 aromatic carbocycles. The van der Waals surface area contributed by atoms with Crippen molar-refractivity contribution in [1.29, 1.82) is 0 Å². The van der Waals surface area contributed by atoms with E-state index >= 15 is 0 Å². The molecule has 0 atom stereocenters. The van der Waals surface area contributed by atoms with Crippen LogP contribution in [0.5, 0.6) is 0 Å². The van der Waals surface area contributed by atoms with Crippen molar-refractivity contribution in [3.05, 3.63) is 46.6 Å². The van der Waals surface area contributed by atoms with E-state index < -0.39 is 5.97 Å². The first-order valence-corrected chi connectivity index (χ1v) is 5.25. The maximum absolute atomic E-state index is 11.6. The third-order valence-corrected chi connectivity index (χ3v) is 2.23. The summed E-state index contributed by atoms with van der Waals surface area (Å²) in [6.45, 7) is 1.65. The highest BCUT2D eigenvalue weighted by molar-refractivity contribution is 6.30. The second kappa shape index (κ2) is 4.97. The van der Waals surface area contributed by atoms with Crippen LogP contribution in [-0.4, -0.2) is 16.1 Å². The van der Waals surface area contributed by atoms with Gasteiger partial charge in [0.05, 0.1) is 5.56 Å². The number of halogens is 1. The van der Waals surface area contributed by atoms with Gasteiger partial charge in [-0.25, -0.2) is 4.79 Å². The molecule has 2 aromatic rings. The molecule has 88 valence electrons. The number of rotatable bonds is 3. The number of aromatic nitrogens is 2. The summed E-state index contributed by atoms with van der Waals surface area (Å²) in [6, 6.07) is 6.41. The van der Waals surface area contributed by atoms with E-state index in [1.54, 1.807) is 31.2 Å². The van der Waals surface area contributed by atoms with Crippen LogP contribution in [0.3, 0.4) is 0 Å². The molecule has 17 heavy (non-hydrogen) atoms. The normalized spacial score (nSPS) is 10.2. The van der Waals surface area contributed by atoms with Gasteiger partial charge in [-0.3, -0.25) is 0 Å². The SMILES string of the molecule is Cc1noc(COC(=O)c2ccc(Cl)cc2)n1. The maximum atomic E-state index is 11.6. The zero-order valence-corrected chi connectivity index (χ0v) is 9.77. The van der Waals surface area contributed by atoms with E-state index in [0.717, 1.165) is 0 Å². The number of carbonyl (C=O) groups is 1. The standard InChI is InChI=1S/C11H9ClN2O3/c1-7-13-10(17-14-7)6-16-11(15)8-2-4-9(12)5-3-8/h2-5H,6H2,1H3. The molecule has 0 saturated heterocycles. The lowest BCUT2D eigenvalue weighted by molar-refractivity contribution is 0.0430. The number of aryl methyl sites for hydroxylation is 1. The van der Waals surface area contributed by atoms with Crippen molar-refractivity contribution in [2.24, 2.45) is 0 Å². The summed E-state index contributed by atoms with van der Waals surface area (Å²) in [5.41, 5.74) is 0.422. The quantitative estimate of drug-likeness (QED) is 0.785. The fourth-order valence-electron chi connectivity index (χ4n) is 1.20. The molecular formula is C11H9ClN2O3. The predicted molar refractivity (Wildman–Crippen MR) is 59.6 cm³/mol. The van der Waals surface area contributed by atoms with Crippen LogP contribution in [0.1, 0.15) is 22.1 Å². The third kappa shape index (κ3) is 3.04. The van der Waals surface area contributed by atoms with Crippen molar-refractivity contribution >= 4 is 17.6 Å². The van der Waals surface area contributed by atoms with Crippen molar-refractivity contribution in [3.8, 4) is 0 Å². The molecule has 0 bridgehead atoms. The topological polar surface area (TPSA) is 65.2 Å². The Labute approximate surface area is 102 Å². The molecular weight excluding hydrogens is 244 g/mol. The Kier molecular flexibility index (Phi) is 3.39. The van der Waals surface area contributed by atoms with Gasteiger partial charge in [0.1, 0.15) is 0 Å². The van der Waals surface area contributed by atoms with E-state index in [0.29, 0.717) is 16.4 Å². The molecule has 0 fully saturated rings. The lowest BCUT2D eigenvalue weighted by Gasteiger charge is -2.01. The molecule has 2 rings (SSSR count). The molecule has 0 amide bonds. The summed E-state index contributed by atoms with van der Waals surface area (Å²) < 4.78 is 9.80. The van der Waals surface area contributed by atoms with Crippen molar-refractivity contribution in [2.75, 3.05) is 0 Å². The molecule has 0 aliphatic rings. The first-order chi connectivity index (χ1) is 8.15. The molecule has 0 N–H and O–H groups in total. The van der Waals surface area contributed by atoms with Crippen LogP contribution in [0.25, 0.3) is 0 Å². The van der Waals surface area contributed by atoms with Gasteiger partial charge in [-0.1, -0.05) is 16.8 Å². The molecule has 1 heterocycles. The number of nitrogens with zero attached hydrogens (tertiary/aromatic N) is 2. The average Bonchev–Trinajstić information content (AvgIpc) is 2.73. The van der Waals surface area contributed by atoms with Gasteiger partial charge in [-0.2, -0.15) is 4.98 Å². The summed E-state index contributed by atoms with van der Waals surface area (Å²) in [7, 11) is 0. The van der Waals surface area contributed by atoms with Crippen LogP contribution in [-0.2, 0) is 11.3 Å². The van der Waals surface area contributed by atoms with Crippen LogP contribution in [0.2, 0.25) is 5.02 Å². The van der Waals surface area contributed by atoms with E-state index in [9.17, 15) is 4.79 Å². The predicted octanol–water partition coefficient (Wildman–Crippen LogP) is 2.39.